The van der Waals surface area contributed by atoms with Gasteiger partial charge in [-0.1, -0.05) is 0 Å². The molecule has 0 spiro atoms. The first-order chi connectivity index (χ1) is 6.75. The second-order valence-electron chi connectivity index (χ2n) is 4.52. The first kappa shape index (κ1) is 9.78. The van der Waals surface area contributed by atoms with Gasteiger partial charge >= 0.3 is 0 Å². The van der Waals surface area contributed by atoms with E-state index in [1.165, 1.54) is 37.1 Å². The third kappa shape index (κ3) is 2.18. The summed E-state index contributed by atoms with van der Waals surface area (Å²) in [4.78, 5) is 3.53. The van der Waals surface area contributed by atoms with E-state index < -0.39 is 0 Å². The van der Waals surface area contributed by atoms with E-state index in [0.29, 0.717) is 6.04 Å². The molecule has 0 radical (unpaired) electrons. The summed E-state index contributed by atoms with van der Waals surface area (Å²) in [6, 6.07) is 2.66. The van der Waals surface area contributed by atoms with Crippen LogP contribution in [0.15, 0.2) is 6.07 Å². The van der Waals surface area contributed by atoms with Gasteiger partial charge < -0.3 is 10.7 Å². The molecule has 3 N–H and O–H groups in total. The zero-order valence-electron chi connectivity index (χ0n) is 8.97. The molecule has 0 saturated carbocycles. The van der Waals surface area contributed by atoms with Gasteiger partial charge in [0.25, 0.3) is 0 Å². The molecule has 0 fully saturated rings. The Morgan fingerprint density at radius 1 is 1.43 bits per heavy atom. The van der Waals surface area contributed by atoms with E-state index in [0.717, 1.165) is 12.8 Å². The van der Waals surface area contributed by atoms with Gasteiger partial charge in [-0.2, -0.15) is 0 Å². The normalized spacial score (nSPS) is 17.9. The lowest BCUT2D eigenvalue weighted by atomic mass is 9.98. The summed E-state index contributed by atoms with van der Waals surface area (Å²) in [5.41, 5.74) is 10.2. The maximum absolute atomic E-state index is 5.75. The van der Waals surface area contributed by atoms with Crippen molar-refractivity contribution >= 4 is 0 Å². The van der Waals surface area contributed by atoms with Gasteiger partial charge in [0.2, 0.25) is 0 Å². The van der Waals surface area contributed by atoms with Gasteiger partial charge in [-0.15, -0.1) is 0 Å². The summed E-state index contributed by atoms with van der Waals surface area (Å²) in [6.07, 6.45) is 7.40. The fraction of sp³-hybridized carbons (Fsp3) is 0.667. The van der Waals surface area contributed by atoms with Gasteiger partial charge in [0.15, 0.2) is 0 Å². The molecule has 1 aliphatic rings. The van der Waals surface area contributed by atoms with Crippen LogP contribution in [0.3, 0.4) is 0 Å². The van der Waals surface area contributed by atoms with Crippen LogP contribution in [0.4, 0.5) is 0 Å². The summed E-state index contributed by atoms with van der Waals surface area (Å²) in [6.45, 7) is 2.07. The highest BCUT2D eigenvalue weighted by Crippen LogP contribution is 2.22. The molecule has 2 heteroatoms. The fourth-order valence-corrected chi connectivity index (χ4v) is 2.19. The average Bonchev–Trinajstić information content (AvgIpc) is 2.57. The minimum absolute atomic E-state index is 0.315. The van der Waals surface area contributed by atoms with E-state index in [9.17, 15) is 0 Å². The number of nitrogens with one attached hydrogen (secondary N) is 1. The van der Waals surface area contributed by atoms with Crippen LogP contribution in [-0.2, 0) is 19.3 Å². The van der Waals surface area contributed by atoms with Gasteiger partial charge in [0.1, 0.15) is 0 Å². The number of aryl methyl sites for hydroxylation is 3. The Morgan fingerprint density at radius 3 is 2.93 bits per heavy atom. The van der Waals surface area contributed by atoms with E-state index in [1.54, 1.807) is 5.56 Å². The molecule has 0 bridgehead atoms. The number of nitrogens with two attached hydrogens (primary N) is 1. The molecule has 0 amide bonds. The Bertz CT molecular complexity index is 276. The summed E-state index contributed by atoms with van der Waals surface area (Å²) in [5, 5.41) is 0. The van der Waals surface area contributed by atoms with Crippen molar-refractivity contribution in [3.63, 3.8) is 0 Å². The summed E-state index contributed by atoms with van der Waals surface area (Å²) in [5.74, 6) is 0. The number of H-pyrrole nitrogens is 1. The lowest BCUT2D eigenvalue weighted by Crippen LogP contribution is -2.15. The number of aromatic nitrogens is 1. The lowest BCUT2D eigenvalue weighted by Gasteiger charge is -2.09. The molecule has 78 valence electrons. The zero-order valence-corrected chi connectivity index (χ0v) is 8.97. The third-order valence-corrected chi connectivity index (χ3v) is 3.04. The van der Waals surface area contributed by atoms with Gasteiger partial charge in [0.05, 0.1) is 0 Å². The standard InChI is InChI=1S/C12H20N2/c1-9(13)6-7-11-8-10-4-2-3-5-12(10)14-11/h8-9,14H,2-7,13H2,1H3/t9-/m1/s1. The molecular weight excluding hydrogens is 172 g/mol. The quantitative estimate of drug-likeness (QED) is 0.757. The molecule has 14 heavy (non-hydrogen) atoms. The van der Waals surface area contributed by atoms with Crippen molar-refractivity contribution in [3.05, 3.63) is 23.0 Å². The zero-order chi connectivity index (χ0) is 9.97. The smallest absolute Gasteiger partial charge is 0.0181 e. The van der Waals surface area contributed by atoms with E-state index in [1.807, 2.05) is 0 Å². The fourth-order valence-electron chi connectivity index (χ4n) is 2.19. The van der Waals surface area contributed by atoms with Crippen LogP contribution in [0.2, 0.25) is 0 Å². The SMILES string of the molecule is C[C@@H](N)CCc1cc2c([nH]1)CCCC2. The van der Waals surface area contributed by atoms with Crippen molar-refractivity contribution in [1.82, 2.24) is 4.98 Å². The molecule has 0 unspecified atom stereocenters. The molecule has 0 aromatic carbocycles. The van der Waals surface area contributed by atoms with Crippen LogP contribution in [-0.4, -0.2) is 11.0 Å². The third-order valence-electron chi connectivity index (χ3n) is 3.04. The molecule has 1 heterocycles. The lowest BCUT2D eigenvalue weighted by molar-refractivity contribution is 0.655. The van der Waals surface area contributed by atoms with Crippen molar-refractivity contribution in [1.29, 1.82) is 0 Å². The molecule has 0 aliphatic heterocycles. The van der Waals surface area contributed by atoms with Gasteiger partial charge in [-0.3, -0.25) is 0 Å². The van der Waals surface area contributed by atoms with Crippen LogP contribution in [0.1, 0.15) is 43.1 Å². The highest BCUT2D eigenvalue weighted by atomic mass is 14.7. The van der Waals surface area contributed by atoms with E-state index >= 15 is 0 Å². The molecule has 0 saturated heterocycles. The molecule has 1 aromatic rings. The minimum atomic E-state index is 0.315. The van der Waals surface area contributed by atoms with Crippen LogP contribution in [0.25, 0.3) is 0 Å². The van der Waals surface area contributed by atoms with E-state index in [4.69, 9.17) is 5.73 Å². The van der Waals surface area contributed by atoms with Crippen molar-refractivity contribution in [3.8, 4) is 0 Å². The molecule has 1 aliphatic carbocycles. The van der Waals surface area contributed by atoms with Gasteiger partial charge in [-0.05, 0) is 57.1 Å². The predicted octanol–water partition coefficient (Wildman–Crippen LogP) is 2.17. The first-order valence-corrected chi connectivity index (χ1v) is 5.71. The Hall–Kier alpha value is -0.760. The monoisotopic (exact) mass is 192 g/mol. The largest absolute Gasteiger partial charge is 0.362 e. The van der Waals surface area contributed by atoms with Crippen molar-refractivity contribution in [2.45, 2.75) is 51.5 Å². The Balaban J connectivity index is 2.01. The Labute approximate surface area is 85.9 Å². The predicted molar refractivity (Wildman–Crippen MR) is 59.4 cm³/mol. The topological polar surface area (TPSA) is 41.8 Å². The minimum Gasteiger partial charge on any atom is -0.362 e. The number of hydrogen-bond donors (Lipinski definition) is 2. The molecule has 2 rings (SSSR count). The van der Waals surface area contributed by atoms with Crippen LogP contribution in [0.5, 0.6) is 0 Å². The van der Waals surface area contributed by atoms with Crippen molar-refractivity contribution < 1.29 is 0 Å². The molecule has 1 atom stereocenters. The van der Waals surface area contributed by atoms with Crippen molar-refractivity contribution in [2.75, 3.05) is 0 Å². The number of fused-ring (bicyclic) bond motifs is 1. The van der Waals surface area contributed by atoms with Crippen LogP contribution in [0, 0.1) is 0 Å². The van der Waals surface area contributed by atoms with Crippen LogP contribution < -0.4 is 5.73 Å². The van der Waals surface area contributed by atoms with Gasteiger partial charge in [-0.25, -0.2) is 0 Å². The highest BCUT2D eigenvalue weighted by molar-refractivity contribution is 5.28. The molecule has 1 aromatic heterocycles. The van der Waals surface area contributed by atoms with Gasteiger partial charge in [0, 0.05) is 17.4 Å². The second-order valence-corrected chi connectivity index (χ2v) is 4.52. The number of aromatic amines is 1. The molecule has 2 nitrogen and oxygen atoms in total. The second kappa shape index (κ2) is 4.18. The maximum Gasteiger partial charge on any atom is 0.0181 e. The summed E-state index contributed by atoms with van der Waals surface area (Å²) in [7, 11) is 0. The molecular formula is C12H20N2. The highest BCUT2D eigenvalue weighted by Gasteiger charge is 2.12. The average molecular weight is 192 g/mol. The van der Waals surface area contributed by atoms with Crippen molar-refractivity contribution in [2.24, 2.45) is 5.73 Å². The number of hydrogen-bond acceptors (Lipinski definition) is 1. The first-order valence-electron chi connectivity index (χ1n) is 5.71. The van der Waals surface area contributed by atoms with E-state index in [-0.39, 0.29) is 0 Å². The number of rotatable bonds is 3. The summed E-state index contributed by atoms with van der Waals surface area (Å²) >= 11 is 0. The maximum atomic E-state index is 5.75. The Kier molecular flexibility index (Phi) is 2.92. The van der Waals surface area contributed by atoms with Crippen LogP contribution >= 0.6 is 0 Å². The van der Waals surface area contributed by atoms with E-state index in [2.05, 4.69) is 18.0 Å². The Morgan fingerprint density at radius 2 is 2.21 bits per heavy atom. The summed E-state index contributed by atoms with van der Waals surface area (Å²) < 4.78 is 0.